The summed E-state index contributed by atoms with van der Waals surface area (Å²) < 4.78 is 20.8. The Bertz CT molecular complexity index is 686. The van der Waals surface area contributed by atoms with E-state index in [-0.39, 0.29) is 71.1 Å². The molecule has 0 aliphatic carbocycles. The molecule has 118 valence electrons. The number of ether oxygens (including phenoxy) is 1. The summed E-state index contributed by atoms with van der Waals surface area (Å²) >= 11 is 0. The molecule has 1 aromatic rings. The van der Waals surface area contributed by atoms with E-state index in [0.29, 0.717) is 0 Å². The summed E-state index contributed by atoms with van der Waals surface area (Å²) in [6, 6.07) is 0. The molecular weight excluding hydrogens is 353 g/mol. The molecule has 2 N–H and O–H groups in total. The minimum atomic E-state index is -5.17. The van der Waals surface area contributed by atoms with Crippen LogP contribution in [0.25, 0.3) is 0 Å². The van der Waals surface area contributed by atoms with Gasteiger partial charge in [0.25, 0.3) is 5.56 Å². The molecule has 3 unspecified atom stereocenters. The maximum atomic E-state index is 11.7. The summed E-state index contributed by atoms with van der Waals surface area (Å²) in [5.41, 5.74) is -0.980. The van der Waals surface area contributed by atoms with E-state index in [1.54, 1.807) is 0 Å². The van der Waals surface area contributed by atoms with Crippen molar-refractivity contribution in [3.8, 4) is 0 Å². The van der Waals surface area contributed by atoms with Crippen LogP contribution in [-0.4, -0.2) is 33.5 Å². The summed E-state index contributed by atoms with van der Waals surface area (Å²) in [5, 5.41) is 9.75. The fourth-order valence-corrected chi connectivity index (χ4v) is 2.33. The molecule has 1 saturated heterocycles. The number of hydrogen-bond acceptors (Lipinski definition) is 8. The summed E-state index contributed by atoms with van der Waals surface area (Å²) in [6.07, 6.45) is -1.81. The molecule has 2 heterocycles. The summed E-state index contributed by atoms with van der Waals surface area (Å²) in [5.74, 6) is 0. The van der Waals surface area contributed by atoms with Crippen LogP contribution >= 0.6 is 7.82 Å². The number of hydrogen-bond donors (Lipinski definition) is 2. The van der Waals surface area contributed by atoms with Crippen LogP contribution in [0, 0.1) is 6.92 Å². The second-order valence-electron chi connectivity index (χ2n) is 4.65. The Morgan fingerprint density at radius 3 is 2.65 bits per heavy atom. The predicted octanol–water partition coefficient (Wildman–Crippen LogP) is -8.65. The van der Waals surface area contributed by atoms with E-state index in [0.717, 1.165) is 4.57 Å². The number of aliphatic hydroxyl groups excluding tert-OH is 1. The van der Waals surface area contributed by atoms with Gasteiger partial charge in [0, 0.05) is 18.2 Å². The van der Waals surface area contributed by atoms with Crippen molar-refractivity contribution in [2.75, 3.05) is 6.61 Å². The first-order chi connectivity index (χ1) is 9.67. The van der Waals surface area contributed by atoms with Crippen molar-refractivity contribution in [3.05, 3.63) is 32.6 Å². The molecule has 0 amide bonds. The van der Waals surface area contributed by atoms with E-state index in [4.69, 9.17) is 4.74 Å². The second kappa shape index (κ2) is 9.42. The number of nitrogens with zero attached hydrogens (tertiary/aromatic N) is 1. The normalized spacial score (nSPS) is 23.9. The van der Waals surface area contributed by atoms with Crippen molar-refractivity contribution in [1.29, 1.82) is 0 Å². The molecule has 13 heteroatoms. The van der Waals surface area contributed by atoms with E-state index in [1.165, 1.54) is 13.1 Å². The minimum Gasteiger partial charge on any atom is -0.790 e. The number of phosphoric acid groups is 1. The maximum Gasteiger partial charge on any atom is 1.00 e. The Balaban J connectivity index is 0.00000242. The molecule has 0 radical (unpaired) electrons. The minimum absolute atomic E-state index is 0. The Morgan fingerprint density at radius 1 is 1.48 bits per heavy atom. The van der Waals surface area contributed by atoms with Gasteiger partial charge in [-0.1, -0.05) is 0 Å². The van der Waals surface area contributed by atoms with Crippen LogP contribution in [0.1, 0.15) is 18.2 Å². The number of nitrogens with one attached hydrogen (secondary N) is 1. The molecule has 0 bridgehead atoms. The van der Waals surface area contributed by atoms with Crippen molar-refractivity contribution >= 4 is 7.82 Å². The van der Waals surface area contributed by atoms with E-state index in [1.807, 2.05) is 0 Å². The third-order valence-corrected chi connectivity index (χ3v) is 3.52. The van der Waals surface area contributed by atoms with Crippen LogP contribution < -0.4 is 80.2 Å². The fraction of sp³-hybridized carbons (Fsp3) is 0.600. The van der Waals surface area contributed by atoms with E-state index in [9.17, 15) is 29.0 Å². The van der Waals surface area contributed by atoms with Crippen molar-refractivity contribution < 1.29 is 87.8 Å². The van der Waals surface area contributed by atoms with Crippen LogP contribution in [0.5, 0.6) is 0 Å². The molecule has 1 aliphatic rings. The summed E-state index contributed by atoms with van der Waals surface area (Å²) in [6.45, 7) is 0.852. The van der Waals surface area contributed by atoms with Gasteiger partial charge in [-0.15, -0.1) is 0 Å². The van der Waals surface area contributed by atoms with Crippen molar-refractivity contribution in [1.82, 2.24) is 9.55 Å². The molecule has 1 fully saturated rings. The van der Waals surface area contributed by atoms with Gasteiger partial charge in [-0.2, -0.15) is 0 Å². The van der Waals surface area contributed by atoms with Crippen LogP contribution in [0.4, 0.5) is 0 Å². The van der Waals surface area contributed by atoms with Crippen molar-refractivity contribution in [2.45, 2.75) is 31.8 Å². The Hall–Kier alpha value is 0.710. The predicted molar refractivity (Wildman–Crippen MR) is 64.2 cm³/mol. The standard InChI is InChI=1S/C10H15N2O8P.2Na/c1-5-3-12(10(15)11-9(5)14)8-2-6(13)7(20-8)4-19-21(16,17)18;;/h3,6-8,13H,2,4H2,1H3,(H,11,14,15)(H2,16,17,18);;/q;2*+1/p-2. The van der Waals surface area contributed by atoms with Gasteiger partial charge in [0.05, 0.1) is 20.5 Å². The largest absolute Gasteiger partial charge is 1.00 e. The van der Waals surface area contributed by atoms with E-state index < -0.39 is 44.1 Å². The SMILES string of the molecule is Cc1cn(C2CC(O)C(COP(=O)([O-])[O-])O2)c(=O)[nH]c1=O.[Na+].[Na+]. The smallest absolute Gasteiger partial charge is 0.790 e. The quantitative estimate of drug-likeness (QED) is 0.393. The monoisotopic (exact) mass is 366 g/mol. The van der Waals surface area contributed by atoms with Crippen LogP contribution in [0.2, 0.25) is 0 Å². The first kappa shape index (κ1) is 23.7. The number of H-pyrrole nitrogens is 1. The number of phosphoric ester groups is 1. The third kappa shape index (κ3) is 6.50. The molecule has 0 aromatic carbocycles. The Kier molecular flexibility index (Phi) is 9.71. The number of aliphatic hydroxyl groups is 1. The van der Waals surface area contributed by atoms with Gasteiger partial charge in [0.15, 0.2) is 0 Å². The topological polar surface area (TPSA) is 157 Å². The maximum absolute atomic E-state index is 11.7. The molecule has 0 spiro atoms. The van der Waals surface area contributed by atoms with Crippen LogP contribution in [0.3, 0.4) is 0 Å². The molecular formula is C10H13N2Na2O8P. The van der Waals surface area contributed by atoms with Crippen molar-refractivity contribution in [3.63, 3.8) is 0 Å². The fourth-order valence-electron chi connectivity index (χ4n) is 2.00. The van der Waals surface area contributed by atoms with Crippen LogP contribution in [0.15, 0.2) is 15.8 Å². The van der Waals surface area contributed by atoms with Gasteiger partial charge in [0.2, 0.25) is 0 Å². The molecule has 2 rings (SSSR count). The second-order valence-corrected chi connectivity index (χ2v) is 5.81. The molecule has 1 aliphatic heterocycles. The summed E-state index contributed by atoms with van der Waals surface area (Å²) in [7, 11) is -5.17. The molecule has 3 atom stereocenters. The average Bonchev–Trinajstić information content (AvgIpc) is 2.72. The van der Waals surface area contributed by atoms with Gasteiger partial charge in [-0.05, 0) is 6.92 Å². The van der Waals surface area contributed by atoms with Gasteiger partial charge < -0.3 is 28.7 Å². The van der Waals surface area contributed by atoms with Gasteiger partial charge >= 0.3 is 64.8 Å². The zero-order valence-electron chi connectivity index (χ0n) is 12.9. The summed E-state index contributed by atoms with van der Waals surface area (Å²) in [4.78, 5) is 45.8. The zero-order valence-corrected chi connectivity index (χ0v) is 17.8. The first-order valence-electron chi connectivity index (χ1n) is 5.99. The number of aromatic nitrogens is 2. The number of aromatic amines is 1. The molecule has 1 aromatic heterocycles. The van der Waals surface area contributed by atoms with Gasteiger partial charge in [0.1, 0.15) is 12.3 Å². The molecule has 10 nitrogen and oxygen atoms in total. The Morgan fingerprint density at radius 2 is 2.09 bits per heavy atom. The van der Waals surface area contributed by atoms with E-state index >= 15 is 0 Å². The van der Waals surface area contributed by atoms with E-state index in [2.05, 4.69) is 9.51 Å². The average molecular weight is 366 g/mol. The Labute approximate surface area is 175 Å². The zero-order chi connectivity index (χ0) is 15.8. The number of rotatable bonds is 4. The van der Waals surface area contributed by atoms with Gasteiger partial charge in [-0.25, -0.2) is 4.79 Å². The van der Waals surface area contributed by atoms with Crippen LogP contribution in [-0.2, 0) is 13.8 Å². The third-order valence-electron chi connectivity index (χ3n) is 3.06. The van der Waals surface area contributed by atoms with Crippen molar-refractivity contribution in [2.24, 2.45) is 0 Å². The number of aryl methyl sites for hydroxylation is 1. The molecule has 23 heavy (non-hydrogen) atoms. The molecule has 0 saturated carbocycles. The van der Waals surface area contributed by atoms with Gasteiger partial charge in [-0.3, -0.25) is 14.3 Å². The first-order valence-corrected chi connectivity index (χ1v) is 7.45.